The summed E-state index contributed by atoms with van der Waals surface area (Å²) in [5.41, 5.74) is 1.89. The zero-order valence-corrected chi connectivity index (χ0v) is 13.4. The molecule has 21 heavy (non-hydrogen) atoms. The summed E-state index contributed by atoms with van der Waals surface area (Å²) in [4.78, 5) is 4.56. The number of rotatable bonds is 4. The molecule has 3 nitrogen and oxygen atoms in total. The van der Waals surface area contributed by atoms with Gasteiger partial charge in [0.1, 0.15) is 11.3 Å². The molecule has 1 atom stereocenters. The van der Waals surface area contributed by atoms with Crippen LogP contribution in [0.5, 0.6) is 5.75 Å². The van der Waals surface area contributed by atoms with Crippen molar-refractivity contribution in [1.82, 2.24) is 4.98 Å². The normalized spacial score (nSPS) is 17.4. The Kier molecular flexibility index (Phi) is 4.29. The number of pyridine rings is 1. The van der Waals surface area contributed by atoms with Crippen molar-refractivity contribution in [3.8, 4) is 5.75 Å². The zero-order valence-electron chi connectivity index (χ0n) is 12.2. The Bertz CT molecular complexity index is 709. The highest BCUT2D eigenvalue weighted by molar-refractivity contribution is 6.20. The van der Waals surface area contributed by atoms with Crippen molar-refractivity contribution in [2.24, 2.45) is 5.92 Å². The van der Waals surface area contributed by atoms with Crippen LogP contribution in [0.25, 0.3) is 10.9 Å². The van der Waals surface area contributed by atoms with Crippen LogP contribution in [-0.2, 0) is 3.79 Å². The number of aryl methyl sites for hydroxylation is 1. The zero-order chi connectivity index (χ0) is 14.7. The first kappa shape index (κ1) is 14.2. The van der Waals surface area contributed by atoms with Crippen LogP contribution in [-0.4, -0.2) is 20.9 Å². The van der Waals surface area contributed by atoms with Gasteiger partial charge in [0, 0.05) is 17.5 Å². The molecule has 0 bridgehead atoms. The van der Waals surface area contributed by atoms with Crippen LogP contribution in [0.3, 0.4) is 0 Å². The van der Waals surface area contributed by atoms with Crippen LogP contribution >= 0.6 is 0 Å². The summed E-state index contributed by atoms with van der Waals surface area (Å²) < 4.78 is 11.6. The Balaban J connectivity index is 1.69. The molecule has 0 saturated heterocycles. The first-order valence-electron chi connectivity index (χ1n) is 7.11. The highest BCUT2D eigenvalue weighted by Gasteiger charge is 2.13. The quantitative estimate of drug-likeness (QED) is 0.800. The largest absolute Gasteiger partial charge is 0.881 e. The summed E-state index contributed by atoms with van der Waals surface area (Å²) in [6.45, 7) is 4.17. The lowest BCUT2D eigenvalue weighted by Gasteiger charge is -2.17. The van der Waals surface area contributed by atoms with Gasteiger partial charge in [0.25, 0.3) is 0 Å². The van der Waals surface area contributed by atoms with Gasteiger partial charge in [-0.3, -0.25) is 0 Å². The van der Waals surface area contributed by atoms with E-state index < -0.39 is 15.9 Å². The lowest BCUT2D eigenvalue weighted by Crippen LogP contribution is -2.10. The molecule has 1 radical (unpaired) electrons. The molecule has 0 aliphatic heterocycles. The van der Waals surface area contributed by atoms with Gasteiger partial charge in [0.05, 0.1) is 5.76 Å². The maximum atomic E-state index is 5.85. The van der Waals surface area contributed by atoms with Crippen LogP contribution < -0.4 is 3.79 Å². The topological polar surface area (TPSA) is 31.4 Å². The van der Waals surface area contributed by atoms with Crippen LogP contribution in [0.15, 0.2) is 54.3 Å². The lowest BCUT2D eigenvalue weighted by atomic mass is 10.0. The fraction of sp³-hybridized carbons (Fsp3) is 0.235. The second-order valence-electron chi connectivity index (χ2n) is 5.31. The lowest BCUT2D eigenvalue weighted by molar-refractivity contribution is 0.349. The third-order valence-corrected chi connectivity index (χ3v) is 4.19. The van der Waals surface area contributed by atoms with Crippen molar-refractivity contribution < 1.29 is 7.58 Å². The van der Waals surface area contributed by atoms with E-state index >= 15 is 0 Å². The van der Waals surface area contributed by atoms with E-state index in [-0.39, 0.29) is 0 Å². The number of aromatic nitrogens is 1. The SMILES string of the molecule is Cc1ccc2cccc([O][Al][O]C3=CC=CC(C)C3)c2n1. The number of nitrogens with zero attached hydrogens (tertiary/aromatic N) is 1. The van der Waals surface area contributed by atoms with Gasteiger partial charge in [-0.05, 0) is 31.1 Å². The Morgan fingerprint density at radius 3 is 2.95 bits per heavy atom. The molecule has 1 unspecified atom stereocenters. The van der Waals surface area contributed by atoms with Crippen LogP contribution in [0.1, 0.15) is 19.0 Å². The van der Waals surface area contributed by atoms with Gasteiger partial charge in [0.15, 0.2) is 0 Å². The van der Waals surface area contributed by atoms with Gasteiger partial charge in [-0.1, -0.05) is 37.3 Å². The molecule has 4 heteroatoms. The molecule has 0 fully saturated rings. The van der Waals surface area contributed by atoms with E-state index in [0.717, 1.165) is 34.5 Å². The monoisotopic (exact) mass is 294 g/mol. The fourth-order valence-electron chi connectivity index (χ4n) is 2.34. The Morgan fingerprint density at radius 1 is 1.19 bits per heavy atom. The molecule has 0 N–H and O–H groups in total. The molecule has 1 heterocycles. The van der Waals surface area contributed by atoms with E-state index in [1.54, 1.807) is 0 Å². The molecule has 3 rings (SSSR count). The van der Waals surface area contributed by atoms with Crippen molar-refractivity contribution >= 4 is 26.8 Å². The molecule has 2 aromatic rings. The van der Waals surface area contributed by atoms with Crippen LogP contribution in [0.2, 0.25) is 0 Å². The van der Waals surface area contributed by atoms with Crippen LogP contribution in [0, 0.1) is 12.8 Å². The van der Waals surface area contributed by atoms with E-state index in [9.17, 15) is 0 Å². The predicted molar refractivity (Wildman–Crippen MR) is 85.0 cm³/mol. The Hall–Kier alpha value is -1.76. The molecule has 1 aliphatic rings. The predicted octanol–water partition coefficient (Wildman–Crippen LogP) is 3.95. The van der Waals surface area contributed by atoms with Gasteiger partial charge in [-0.2, -0.15) is 0 Å². The molecular formula is C17H17AlNO2. The second kappa shape index (κ2) is 6.34. The average Bonchev–Trinajstić information content (AvgIpc) is 2.48. The van der Waals surface area contributed by atoms with E-state index in [4.69, 9.17) is 7.58 Å². The first-order chi connectivity index (χ1) is 10.2. The van der Waals surface area contributed by atoms with Gasteiger partial charge in [-0.25, -0.2) is 4.98 Å². The highest BCUT2D eigenvalue weighted by atomic mass is 27.2. The third kappa shape index (κ3) is 3.47. The Morgan fingerprint density at radius 2 is 2.10 bits per heavy atom. The summed E-state index contributed by atoms with van der Waals surface area (Å²) in [6, 6.07) is 10.1. The fourth-order valence-corrected chi connectivity index (χ4v) is 2.98. The summed E-state index contributed by atoms with van der Waals surface area (Å²) in [5, 5.41) is 1.09. The summed E-state index contributed by atoms with van der Waals surface area (Å²) >= 11 is -0.575. The number of hydrogen-bond acceptors (Lipinski definition) is 3. The van der Waals surface area contributed by atoms with Crippen molar-refractivity contribution in [3.05, 3.63) is 60.0 Å². The minimum atomic E-state index is -0.575. The van der Waals surface area contributed by atoms with E-state index in [1.807, 2.05) is 43.3 Å². The number of hydrogen-bond donors (Lipinski definition) is 0. The van der Waals surface area contributed by atoms with Gasteiger partial charge in [0.2, 0.25) is 0 Å². The molecule has 0 amide bonds. The molecule has 105 valence electrons. The molecule has 1 aromatic carbocycles. The number of allylic oxidation sites excluding steroid dienone is 4. The summed E-state index contributed by atoms with van der Waals surface area (Å²) in [5.74, 6) is 2.34. The smallest absolute Gasteiger partial charge is 0.619 e. The standard InChI is InChI=1S/C10H9NO.C7H10O.Al/c1-7-5-6-8-3-2-4-9(12)10(8)11-7;1-6-3-2-4-7(8)5-6;/h2-6,12H,1H3;2-4,6,8H,5H2,1H3;/q;;+2/p-2. The van der Waals surface area contributed by atoms with Crippen LogP contribution in [0.4, 0.5) is 0 Å². The average molecular weight is 294 g/mol. The van der Waals surface area contributed by atoms with E-state index in [0.29, 0.717) is 5.92 Å². The third-order valence-electron chi connectivity index (χ3n) is 3.44. The van der Waals surface area contributed by atoms with Gasteiger partial charge in [-0.15, -0.1) is 0 Å². The minimum Gasteiger partial charge on any atom is -0.619 e. The summed E-state index contributed by atoms with van der Waals surface area (Å²) in [6.07, 6.45) is 7.19. The van der Waals surface area contributed by atoms with Crippen molar-refractivity contribution in [1.29, 1.82) is 0 Å². The maximum absolute atomic E-state index is 5.85. The van der Waals surface area contributed by atoms with Crippen molar-refractivity contribution in [2.75, 3.05) is 0 Å². The summed E-state index contributed by atoms with van der Waals surface area (Å²) in [7, 11) is 0. The first-order valence-corrected chi connectivity index (χ1v) is 8.05. The maximum Gasteiger partial charge on any atom is 0.881 e. The number of para-hydroxylation sites is 1. The minimum absolute atomic E-state index is 0.534. The number of benzene rings is 1. The van der Waals surface area contributed by atoms with Gasteiger partial charge >= 0.3 is 15.9 Å². The molecule has 0 saturated carbocycles. The number of fused-ring (bicyclic) bond motifs is 1. The van der Waals surface area contributed by atoms with Gasteiger partial charge < -0.3 is 7.58 Å². The molecule has 1 aromatic heterocycles. The second-order valence-corrected chi connectivity index (χ2v) is 5.98. The van der Waals surface area contributed by atoms with Crippen molar-refractivity contribution in [2.45, 2.75) is 20.3 Å². The molecule has 0 spiro atoms. The van der Waals surface area contributed by atoms with E-state index in [2.05, 4.69) is 24.1 Å². The van der Waals surface area contributed by atoms with Crippen molar-refractivity contribution in [3.63, 3.8) is 0 Å². The molecule has 1 aliphatic carbocycles. The molecular weight excluding hydrogens is 277 g/mol. The highest BCUT2D eigenvalue weighted by Crippen LogP contribution is 2.24. The van der Waals surface area contributed by atoms with E-state index in [1.165, 1.54) is 0 Å². The Labute approximate surface area is 131 Å².